The lowest BCUT2D eigenvalue weighted by Gasteiger charge is -2.30. The highest BCUT2D eigenvalue weighted by Gasteiger charge is 2.19. The molecule has 7 heteroatoms. The monoisotopic (exact) mass is 390 g/mol. The van der Waals surface area contributed by atoms with E-state index in [1.807, 2.05) is 24.3 Å². The zero-order chi connectivity index (χ0) is 19.1. The molecule has 1 aliphatic heterocycles. The molecule has 1 heterocycles. The van der Waals surface area contributed by atoms with Crippen LogP contribution in [0.1, 0.15) is 19.3 Å². The molecule has 0 radical (unpaired) electrons. The molecule has 0 atom stereocenters. The highest BCUT2D eigenvalue weighted by molar-refractivity contribution is 7.92. The number of nitrogens with one attached hydrogen (secondary N) is 1. The Morgan fingerprint density at radius 1 is 0.963 bits per heavy atom. The fourth-order valence-corrected chi connectivity index (χ4v) is 4.21. The third kappa shape index (κ3) is 5.14. The van der Waals surface area contributed by atoms with Gasteiger partial charge in [0, 0.05) is 20.2 Å². The van der Waals surface area contributed by atoms with Crippen LogP contribution in [0.15, 0.2) is 53.4 Å². The van der Waals surface area contributed by atoms with Crippen LogP contribution in [0.25, 0.3) is 0 Å². The molecule has 1 saturated heterocycles. The Bertz CT molecular complexity index is 831. The van der Waals surface area contributed by atoms with Gasteiger partial charge in [0.25, 0.3) is 10.0 Å². The zero-order valence-corrected chi connectivity index (χ0v) is 16.4. The summed E-state index contributed by atoms with van der Waals surface area (Å²) in [5.41, 5.74) is 1.54. The molecule has 0 spiro atoms. The average Bonchev–Trinajstić information content (AvgIpc) is 2.69. The standard InChI is InChI=1S/C20H26N2O4S/c1-25-15-16-26-17-9-11-18(12-10-17)27(23,24)21-19-7-3-4-8-20(19)22-13-5-2-6-14-22/h3-4,7-12,21H,2,5-6,13-16H2,1H3. The van der Waals surface area contributed by atoms with E-state index in [9.17, 15) is 8.42 Å². The molecule has 1 N–H and O–H groups in total. The molecule has 1 aliphatic rings. The van der Waals surface area contributed by atoms with Crippen molar-refractivity contribution < 1.29 is 17.9 Å². The number of sulfonamides is 1. The molecule has 2 aromatic carbocycles. The average molecular weight is 391 g/mol. The van der Waals surface area contributed by atoms with Crippen LogP contribution in [0.5, 0.6) is 5.75 Å². The summed E-state index contributed by atoms with van der Waals surface area (Å²) in [7, 11) is -2.07. The molecule has 146 valence electrons. The van der Waals surface area contributed by atoms with Crippen LogP contribution in [0.2, 0.25) is 0 Å². The summed E-state index contributed by atoms with van der Waals surface area (Å²) in [6.45, 7) is 2.80. The number of anilines is 2. The molecule has 6 nitrogen and oxygen atoms in total. The Kier molecular flexibility index (Phi) is 6.58. The summed E-state index contributed by atoms with van der Waals surface area (Å²) >= 11 is 0. The van der Waals surface area contributed by atoms with Crippen molar-refractivity contribution in [2.45, 2.75) is 24.2 Å². The minimum atomic E-state index is -3.67. The van der Waals surface area contributed by atoms with E-state index in [4.69, 9.17) is 9.47 Å². The zero-order valence-electron chi connectivity index (χ0n) is 15.6. The lowest BCUT2D eigenvalue weighted by atomic mass is 10.1. The molecule has 0 amide bonds. The second-order valence-corrected chi connectivity index (χ2v) is 8.17. The number of hydrogen-bond acceptors (Lipinski definition) is 5. The maximum Gasteiger partial charge on any atom is 0.261 e. The molecule has 0 aromatic heterocycles. The van der Waals surface area contributed by atoms with Crippen molar-refractivity contribution in [1.82, 2.24) is 0 Å². The van der Waals surface area contributed by atoms with Gasteiger partial charge in [-0.25, -0.2) is 8.42 Å². The van der Waals surface area contributed by atoms with E-state index in [1.165, 1.54) is 6.42 Å². The molecule has 3 rings (SSSR count). The van der Waals surface area contributed by atoms with E-state index in [1.54, 1.807) is 31.4 Å². The van der Waals surface area contributed by atoms with Gasteiger partial charge in [0.15, 0.2) is 0 Å². The predicted octanol–water partition coefficient (Wildman–Crippen LogP) is 3.50. The van der Waals surface area contributed by atoms with Gasteiger partial charge in [0.05, 0.1) is 22.9 Å². The van der Waals surface area contributed by atoms with Gasteiger partial charge in [-0.1, -0.05) is 12.1 Å². The minimum absolute atomic E-state index is 0.204. The third-order valence-electron chi connectivity index (χ3n) is 4.54. The van der Waals surface area contributed by atoms with Gasteiger partial charge in [0.2, 0.25) is 0 Å². The number of piperidine rings is 1. The van der Waals surface area contributed by atoms with Crippen LogP contribution in [-0.4, -0.2) is 41.8 Å². The normalized spacial score (nSPS) is 14.8. The maximum atomic E-state index is 12.8. The van der Waals surface area contributed by atoms with Crippen LogP contribution in [-0.2, 0) is 14.8 Å². The van der Waals surface area contributed by atoms with Gasteiger partial charge < -0.3 is 14.4 Å². The molecular weight excluding hydrogens is 364 g/mol. The highest BCUT2D eigenvalue weighted by Crippen LogP contribution is 2.30. The van der Waals surface area contributed by atoms with Crippen LogP contribution < -0.4 is 14.4 Å². The predicted molar refractivity (Wildman–Crippen MR) is 107 cm³/mol. The van der Waals surface area contributed by atoms with Crippen molar-refractivity contribution in [1.29, 1.82) is 0 Å². The molecule has 2 aromatic rings. The molecule has 0 aliphatic carbocycles. The van der Waals surface area contributed by atoms with E-state index in [0.29, 0.717) is 24.7 Å². The van der Waals surface area contributed by atoms with Gasteiger partial charge in [-0.15, -0.1) is 0 Å². The van der Waals surface area contributed by atoms with Crippen LogP contribution in [0.3, 0.4) is 0 Å². The molecule has 0 bridgehead atoms. The van der Waals surface area contributed by atoms with Gasteiger partial charge >= 0.3 is 0 Å². The molecule has 0 saturated carbocycles. The lowest BCUT2D eigenvalue weighted by molar-refractivity contribution is 0.146. The number of hydrogen-bond donors (Lipinski definition) is 1. The molecule has 1 fully saturated rings. The first-order chi connectivity index (χ1) is 13.1. The Morgan fingerprint density at radius 3 is 2.37 bits per heavy atom. The van der Waals surface area contributed by atoms with Crippen LogP contribution in [0, 0.1) is 0 Å². The second-order valence-electron chi connectivity index (χ2n) is 6.48. The summed E-state index contributed by atoms with van der Waals surface area (Å²) in [6.07, 6.45) is 3.49. The number of methoxy groups -OCH3 is 1. The highest BCUT2D eigenvalue weighted by atomic mass is 32.2. The van der Waals surface area contributed by atoms with Gasteiger partial charge in [-0.05, 0) is 55.7 Å². The maximum absolute atomic E-state index is 12.8. The molecule has 27 heavy (non-hydrogen) atoms. The third-order valence-corrected chi connectivity index (χ3v) is 5.92. The SMILES string of the molecule is COCCOc1ccc(S(=O)(=O)Nc2ccccc2N2CCCCC2)cc1. The smallest absolute Gasteiger partial charge is 0.261 e. The molecule has 0 unspecified atom stereocenters. The number of rotatable bonds is 8. The van der Waals surface area contributed by atoms with E-state index >= 15 is 0 Å². The Labute approximate surface area is 161 Å². The Balaban J connectivity index is 1.75. The van der Waals surface area contributed by atoms with Crippen molar-refractivity contribution in [2.75, 3.05) is 43.0 Å². The number of benzene rings is 2. The first-order valence-corrected chi connectivity index (χ1v) is 10.7. The van der Waals surface area contributed by atoms with E-state index in [0.717, 1.165) is 31.6 Å². The number of para-hydroxylation sites is 2. The molecular formula is C20H26N2O4S. The number of nitrogens with zero attached hydrogens (tertiary/aromatic N) is 1. The van der Waals surface area contributed by atoms with Gasteiger partial charge in [-0.2, -0.15) is 0 Å². The van der Waals surface area contributed by atoms with Gasteiger partial charge in [-0.3, -0.25) is 4.72 Å². The summed E-state index contributed by atoms with van der Waals surface area (Å²) in [5, 5.41) is 0. The minimum Gasteiger partial charge on any atom is -0.491 e. The summed E-state index contributed by atoms with van der Waals surface area (Å²) < 4.78 is 38.8. The summed E-state index contributed by atoms with van der Waals surface area (Å²) in [5.74, 6) is 0.611. The van der Waals surface area contributed by atoms with Crippen LogP contribution in [0.4, 0.5) is 11.4 Å². The first kappa shape index (κ1) is 19.5. The first-order valence-electron chi connectivity index (χ1n) is 9.19. The van der Waals surface area contributed by atoms with Crippen LogP contribution >= 0.6 is 0 Å². The summed E-state index contributed by atoms with van der Waals surface area (Å²) in [6, 6.07) is 14.0. The van der Waals surface area contributed by atoms with E-state index in [2.05, 4.69) is 9.62 Å². The largest absolute Gasteiger partial charge is 0.491 e. The van der Waals surface area contributed by atoms with Crippen molar-refractivity contribution in [3.8, 4) is 5.75 Å². The van der Waals surface area contributed by atoms with Crippen molar-refractivity contribution in [3.63, 3.8) is 0 Å². The van der Waals surface area contributed by atoms with Crippen molar-refractivity contribution in [2.24, 2.45) is 0 Å². The topological polar surface area (TPSA) is 67.9 Å². The quantitative estimate of drug-likeness (QED) is 0.699. The second kappa shape index (κ2) is 9.10. The fourth-order valence-electron chi connectivity index (χ4n) is 3.13. The fraction of sp³-hybridized carbons (Fsp3) is 0.400. The van der Waals surface area contributed by atoms with Gasteiger partial charge in [0.1, 0.15) is 12.4 Å². The number of ether oxygens (including phenoxy) is 2. The van der Waals surface area contributed by atoms with Crippen molar-refractivity contribution in [3.05, 3.63) is 48.5 Å². The summed E-state index contributed by atoms with van der Waals surface area (Å²) in [4.78, 5) is 2.45. The van der Waals surface area contributed by atoms with E-state index < -0.39 is 10.0 Å². The lowest BCUT2D eigenvalue weighted by Crippen LogP contribution is -2.30. The Morgan fingerprint density at radius 2 is 1.67 bits per heavy atom. The van der Waals surface area contributed by atoms with E-state index in [-0.39, 0.29) is 4.90 Å². The van der Waals surface area contributed by atoms with Crippen molar-refractivity contribution >= 4 is 21.4 Å². The Hall–Kier alpha value is -2.25.